The van der Waals surface area contributed by atoms with Gasteiger partial charge in [0.1, 0.15) is 0 Å². The molecule has 1 aromatic carbocycles. The third-order valence-electron chi connectivity index (χ3n) is 3.07. The Labute approximate surface area is 110 Å². The van der Waals surface area contributed by atoms with Crippen molar-refractivity contribution >= 4 is 5.97 Å². The molecule has 0 radical (unpaired) electrons. The van der Waals surface area contributed by atoms with Gasteiger partial charge >= 0.3 is 5.97 Å². The molecule has 0 aliphatic heterocycles. The highest BCUT2D eigenvalue weighted by atomic mass is 16.4. The molecule has 100 valence electrons. The van der Waals surface area contributed by atoms with E-state index in [2.05, 4.69) is 5.10 Å². The number of H-pyrrole nitrogens is 1. The molecule has 0 atom stereocenters. The second-order valence-corrected chi connectivity index (χ2v) is 4.46. The fourth-order valence-corrected chi connectivity index (χ4v) is 2.06. The molecular formula is C14H16N2O3. The molecule has 5 heteroatoms. The number of carboxylic acids is 1. The molecule has 0 aliphatic rings. The van der Waals surface area contributed by atoms with Crippen molar-refractivity contribution in [3.8, 4) is 5.69 Å². The van der Waals surface area contributed by atoms with E-state index in [-0.39, 0.29) is 11.1 Å². The monoisotopic (exact) mass is 260 g/mol. The smallest absolute Gasteiger partial charge is 0.335 e. The fraction of sp³-hybridized carbons (Fsp3) is 0.286. The third-order valence-corrected chi connectivity index (χ3v) is 3.07. The average Bonchev–Trinajstić information content (AvgIpc) is 2.67. The van der Waals surface area contributed by atoms with E-state index in [0.717, 1.165) is 24.1 Å². The van der Waals surface area contributed by atoms with Crippen LogP contribution in [0.25, 0.3) is 5.69 Å². The molecule has 5 nitrogen and oxygen atoms in total. The maximum Gasteiger partial charge on any atom is 0.335 e. The lowest BCUT2D eigenvalue weighted by Gasteiger charge is -2.01. The van der Waals surface area contributed by atoms with Gasteiger partial charge in [-0.1, -0.05) is 13.3 Å². The van der Waals surface area contributed by atoms with E-state index >= 15 is 0 Å². The van der Waals surface area contributed by atoms with Crippen LogP contribution in [0.3, 0.4) is 0 Å². The zero-order chi connectivity index (χ0) is 14.0. The van der Waals surface area contributed by atoms with Gasteiger partial charge in [-0.05, 0) is 37.6 Å². The second kappa shape index (κ2) is 5.14. The summed E-state index contributed by atoms with van der Waals surface area (Å²) >= 11 is 0. The van der Waals surface area contributed by atoms with Crippen LogP contribution in [-0.2, 0) is 6.42 Å². The number of hydrogen-bond donors (Lipinski definition) is 2. The molecule has 0 fully saturated rings. The summed E-state index contributed by atoms with van der Waals surface area (Å²) in [7, 11) is 0. The number of aromatic carboxylic acids is 1. The summed E-state index contributed by atoms with van der Waals surface area (Å²) < 4.78 is 1.45. The quantitative estimate of drug-likeness (QED) is 0.884. The van der Waals surface area contributed by atoms with E-state index in [4.69, 9.17) is 5.11 Å². The van der Waals surface area contributed by atoms with Crippen molar-refractivity contribution in [2.75, 3.05) is 0 Å². The highest BCUT2D eigenvalue weighted by Gasteiger charge is 2.11. The van der Waals surface area contributed by atoms with Gasteiger partial charge in [0.2, 0.25) is 0 Å². The average molecular weight is 260 g/mol. The van der Waals surface area contributed by atoms with Gasteiger partial charge in [-0.3, -0.25) is 9.89 Å². The number of carbonyl (C=O) groups is 1. The van der Waals surface area contributed by atoms with Crippen molar-refractivity contribution in [2.45, 2.75) is 26.7 Å². The number of hydrogen-bond acceptors (Lipinski definition) is 2. The van der Waals surface area contributed by atoms with E-state index in [9.17, 15) is 9.59 Å². The molecule has 1 heterocycles. The van der Waals surface area contributed by atoms with Gasteiger partial charge in [-0.25, -0.2) is 9.48 Å². The van der Waals surface area contributed by atoms with Gasteiger partial charge in [0, 0.05) is 11.3 Å². The van der Waals surface area contributed by atoms with Crippen molar-refractivity contribution in [2.24, 2.45) is 0 Å². The van der Waals surface area contributed by atoms with Crippen molar-refractivity contribution in [3.63, 3.8) is 0 Å². The first kappa shape index (κ1) is 13.1. The van der Waals surface area contributed by atoms with Gasteiger partial charge in [-0.15, -0.1) is 0 Å². The van der Waals surface area contributed by atoms with Crippen molar-refractivity contribution in [3.05, 3.63) is 51.4 Å². The van der Waals surface area contributed by atoms with Crippen LogP contribution < -0.4 is 5.56 Å². The molecule has 0 bridgehead atoms. The van der Waals surface area contributed by atoms with Crippen LogP contribution in [0.4, 0.5) is 0 Å². The van der Waals surface area contributed by atoms with Crippen LogP contribution in [0.15, 0.2) is 29.1 Å². The molecule has 1 aromatic heterocycles. The number of aromatic amines is 1. The summed E-state index contributed by atoms with van der Waals surface area (Å²) in [5, 5.41) is 11.9. The minimum atomic E-state index is -0.978. The van der Waals surface area contributed by atoms with Crippen LogP contribution >= 0.6 is 0 Å². The molecule has 0 saturated carbocycles. The predicted molar refractivity (Wildman–Crippen MR) is 72.1 cm³/mol. The van der Waals surface area contributed by atoms with E-state index in [1.165, 1.54) is 16.8 Å². The van der Waals surface area contributed by atoms with E-state index in [1.54, 1.807) is 12.1 Å². The van der Waals surface area contributed by atoms with Gasteiger partial charge in [0.05, 0.1) is 11.3 Å². The van der Waals surface area contributed by atoms with Crippen LogP contribution in [-0.4, -0.2) is 20.9 Å². The molecule has 2 N–H and O–H groups in total. The van der Waals surface area contributed by atoms with Gasteiger partial charge in [0.15, 0.2) is 0 Å². The number of nitrogens with zero attached hydrogens (tertiary/aromatic N) is 1. The topological polar surface area (TPSA) is 75.1 Å². The van der Waals surface area contributed by atoms with Crippen LogP contribution in [0.1, 0.15) is 35.0 Å². The first-order chi connectivity index (χ1) is 9.04. The summed E-state index contributed by atoms with van der Waals surface area (Å²) in [6, 6.07) is 6.21. The Balaban J connectivity index is 2.45. The highest BCUT2D eigenvalue weighted by Crippen LogP contribution is 2.10. The van der Waals surface area contributed by atoms with Crippen molar-refractivity contribution in [1.29, 1.82) is 0 Å². The van der Waals surface area contributed by atoms with Gasteiger partial charge in [0.25, 0.3) is 5.56 Å². The van der Waals surface area contributed by atoms with E-state index in [0.29, 0.717) is 5.69 Å². The molecule has 2 aromatic rings. The number of rotatable bonds is 4. The Morgan fingerprint density at radius 1 is 1.32 bits per heavy atom. The van der Waals surface area contributed by atoms with E-state index < -0.39 is 5.97 Å². The number of carboxylic acid groups (broad SMARTS) is 1. The Morgan fingerprint density at radius 3 is 2.47 bits per heavy atom. The minimum absolute atomic E-state index is 0.0672. The Bertz CT molecular complexity index is 650. The predicted octanol–water partition coefficient (Wildman–Crippen LogP) is 2.12. The minimum Gasteiger partial charge on any atom is -0.478 e. The first-order valence-corrected chi connectivity index (χ1v) is 6.18. The van der Waals surface area contributed by atoms with E-state index in [1.807, 2.05) is 13.8 Å². The first-order valence-electron chi connectivity index (χ1n) is 6.18. The molecular weight excluding hydrogens is 244 g/mol. The normalized spacial score (nSPS) is 10.6. The lowest BCUT2D eigenvalue weighted by atomic mass is 10.1. The number of nitrogens with one attached hydrogen (secondary N) is 1. The SMILES string of the molecule is CCCc1c(C)[nH]n(-c2ccc(C(=O)O)cc2)c1=O. The molecule has 2 rings (SSSR count). The van der Waals surface area contributed by atoms with Crippen LogP contribution in [0.5, 0.6) is 0 Å². The Kier molecular flexibility index (Phi) is 3.55. The standard InChI is InChI=1S/C14H16N2O3/c1-3-4-12-9(2)15-16(13(12)17)11-7-5-10(6-8-11)14(18)19/h5-8,15H,3-4H2,1-2H3,(H,18,19). The maximum absolute atomic E-state index is 12.2. The van der Waals surface area contributed by atoms with Crippen molar-refractivity contribution < 1.29 is 9.90 Å². The largest absolute Gasteiger partial charge is 0.478 e. The summed E-state index contributed by atoms with van der Waals surface area (Å²) in [6.07, 6.45) is 1.65. The Hall–Kier alpha value is -2.30. The van der Waals surface area contributed by atoms with Crippen molar-refractivity contribution in [1.82, 2.24) is 9.78 Å². The van der Waals surface area contributed by atoms with Crippen LogP contribution in [0.2, 0.25) is 0 Å². The number of aryl methyl sites for hydroxylation is 1. The molecule has 0 amide bonds. The lowest BCUT2D eigenvalue weighted by molar-refractivity contribution is 0.0697. The fourth-order valence-electron chi connectivity index (χ4n) is 2.06. The molecule has 0 spiro atoms. The lowest BCUT2D eigenvalue weighted by Crippen LogP contribution is -2.17. The zero-order valence-electron chi connectivity index (χ0n) is 10.9. The summed E-state index contributed by atoms with van der Waals surface area (Å²) in [5.74, 6) is -0.978. The third kappa shape index (κ3) is 2.45. The molecule has 0 saturated heterocycles. The van der Waals surface area contributed by atoms with Crippen LogP contribution in [0, 0.1) is 6.92 Å². The number of aromatic nitrogens is 2. The summed E-state index contributed by atoms with van der Waals surface area (Å²) in [5.41, 5.74) is 2.41. The number of benzene rings is 1. The molecule has 19 heavy (non-hydrogen) atoms. The maximum atomic E-state index is 12.2. The highest BCUT2D eigenvalue weighted by molar-refractivity contribution is 5.87. The second-order valence-electron chi connectivity index (χ2n) is 4.46. The van der Waals surface area contributed by atoms with Gasteiger partial charge in [-0.2, -0.15) is 0 Å². The summed E-state index contributed by atoms with van der Waals surface area (Å²) in [4.78, 5) is 23.0. The molecule has 0 unspecified atom stereocenters. The van der Waals surface area contributed by atoms with Gasteiger partial charge < -0.3 is 5.11 Å². The molecule has 0 aliphatic carbocycles. The Morgan fingerprint density at radius 2 is 1.95 bits per heavy atom. The zero-order valence-corrected chi connectivity index (χ0v) is 10.9. The summed E-state index contributed by atoms with van der Waals surface area (Å²) in [6.45, 7) is 3.90.